The quantitative estimate of drug-likeness (QED) is 0.132. The molecule has 36 heavy (non-hydrogen) atoms. The summed E-state index contributed by atoms with van der Waals surface area (Å²) in [6.45, 7) is 2.73. The van der Waals surface area contributed by atoms with Crippen LogP contribution in [-0.2, 0) is 30.4 Å². The molecule has 0 aliphatic rings. The summed E-state index contributed by atoms with van der Waals surface area (Å²) in [7, 11) is 0. The molecule has 0 aliphatic carbocycles. The Bertz CT molecular complexity index is 924. The number of amides is 4. The number of phenolic OH excluding ortho intramolecular Hbond substituents is 1. The number of primary amides is 1. The minimum atomic E-state index is -1.33. The van der Waals surface area contributed by atoms with Crippen molar-refractivity contribution in [2.24, 2.45) is 17.4 Å². The van der Waals surface area contributed by atoms with Gasteiger partial charge in [-0.05, 0) is 30.0 Å². The number of phenols is 1. The normalized spacial score (nSPS) is 15.0. The van der Waals surface area contributed by atoms with Crippen molar-refractivity contribution in [3.8, 4) is 5.75 Å². The molecule has 0 aromatic heterocycles. The number of aliphatic carboxylic acids is 1. The van der Waals surface area contributed by atoms with Gasteiger partial charge in [0, 0.05) is 12.8 Å². The van der Waals surface area contributed by atoms with Gasteiger partial charge in [0.05, 0.1) is 6.61 Å². The van der Waals surface area contributed by atoms with Gasteiger partial charge in [-0.1, -0.05) is 32.4 Å². The van der Waals surface area contributed by atoms with Crippen LogP contribution in [0.2, 0.25) is 0 Å². The fraction of sp³-hybridized carbons (Fsp3) is 0.522. The predicted molar refractivity (Wildman–Crippen MR) is 128 cm³/mol. The number of carbonyl (C=O) groups is 5. The Morgan fingerprint density at radius 1 is 0.944 bits per heavy atom. The van der Waals surface area contributed by atoms with Crippen LogP contribution in [0.5, 0.6) is 5.75 Å². The second-order valence-electron chi connectivity index (χ2n) is 8.50. The van der Waals surface area contributed by atoms with Crippen molar-refractivity contribution in [3.05, 3.63) is 29.8 Å². The largest absolute Gasteiger partial charge is 0.508 e. The smallest absolute Gasteiger partial charge is 0.326 e. The highest BCUT2D eigenvalue weighted by molar-refractivity contribution is 5.94. The summed E-state index contributed by atoms with van der Waals surface area (Å²) in [5, 5.41) is 35.4. The van der Waals surface area contributed by atoms with Crippen molar-refractivity contribution in [1.82, 2.24) is 16.0 Å². The van der Waals surface area contributed by atoms with E-state index in [1.54, 1.807) is 13.8 Å². The third kappa shape index (κ3) is 9.88. The number of carbonyl (C=O) groups excluding carboxylic acids is 4. The van der Waals surface area contributed by atoms with E-state index in [4.69, 9.17) is 16.6 Å². The van der Waals surface area contributed by atoms with Gasteiger partial charge in [-0.3, -0.25) is 19.2 Å². The predicted octanol–water partition coefficient (Wildman–Crippen LogP) is -1.90. The number of carboxylic acids is 1. The highest BCUT2D eigenvalue weighted by Crippen LogP contribution is 2.13. The average Bonchev–Trinajstić information content (AvgIpc) is 2.84. The SMILES string of the molecule is CCC(C)C(NC(=O)C(CCC(N)=O)NC(=O)C(Cc1ccc(O)cc1)NC(=O)C(N)CO)C(=O)O. The monoisotopic (exact) mass is 509 g/mol. The molecule has 10 N–H and O–H groups in total. The molecular formula is C23H35N5O8. The second-order valence-corrected chi connectivity index (χ2v) is 8.50. The molecule has 0 saturated carbocycles. The summed E-state index contributed by atoms with van der Waals surface area (Å²) in [5.41, 5.74) is 11.3. The van der Waals surface area contributed by atoms with Crippen LogP contribution in [0.3, 0.4) is 0 Å². The Kier molecular flexibility index (Phi) is 12.3. The zero-order valence-electron chi connectivity index (χ0n) is 20.3. The van der Waals surface area contributed by atoms with E-state index in [0.717, 1.165) is 0 Å². The molecule has 13 nitrogen and oxygen atoms in total. The van der Waals surface area contributed by atoms with Gasteiger partial charge in [-0.2, -0.15) is 0 Å². The number of hydrogen-bond acceptors (Lipinski definition) is 8. The number of hydrogen-bond donors (Lipinski definition) is 8. The van der Waals surface area contributed by atoms with E-state index in [1.165, 1.54) is 24.3 Å². The summed E-state index contributed by atoms with van der Waals surface area (Å²) in [5.74, 6) is -4.89. The zero-order chi connectivity index (χ0) is 27.4. The number of aliphatic hydroxyl groups is 1. The van der Waals surface area contributed by atoms with Crippen molar-refractivity contribution < 1.29 is 39.3 Å². The minimum Gasteiger partial charge on any atom is -0.508 e. The summed E-state index contributed by atoms with van der Waals surface area (Å²) in [6, 6.07) is 0.690. The van der Waals surface area contributed by atoms with E-state index in [1.807, 2.05) is 0 Å². The first-order valence-corrected chi connectivity index (χ1v) is 11.5. The number of benzene rings is 1. The summed E-state index contributed by atoms with van der Waals surface area (Å²) in [4.78, 5) is 61.3. The van der Waals surface area contributed by atoms with Gasteiger partial charge in [-0.25, -0.2) is 4.79 Å². The number of aliphatic hydroxyl groups excluding tert-OH is 1. The molecule has 0 fully saturated rings. The summed E-state index contributed by atoms with van der Waals surface area (Å²) < 4.78 is 0. The Hall–Kier alpha value is -3.71. The molecule has 4 amide bonds. The maximum absolute atomic E-state index is 13.1. The molecule has 0 aliphatic heterocycles. The fourth-order valence-corrected chi connectivity index (χ4v) is 3.20. The Morgan fingerprint density at radius 3 is 2.00 bits per heavy atom. The molecule has 0 heterocycles. The standard InChI is InChI=1S/C23H35N5O8/c1-3-12(2)19(23(35)36)28-21(33)16(8-9-18(25)31)26-22(34)17(27-20(32)15(24)11-29)10-13-4-6-14(30)7-5-13/h4-7,12,15-17,19,29-30H,3,8-11,24H2,1-2H3,(H2,25,31)(H,26,34)(H,27,32)(H,28,33)(H,35,36). The molecule has 1 aromatic rings. The number of nitrogens with two attached hydrogens (primary N) is 2. The van der Waals surface area contributed by atoms with Gasteiger partial charge in [-0.15, -0.1) is 0 Å². The molecule has 5 atom stereocenters. The highest BCUT2D eigenvalue weighted by Gasteiger charge is 2.32. The first kappa shape index (κ1) is 30.3. The van der Waals surface area contributed by atoms with E-state index in [0.29, 0.717) is 12.0 Å². The van der Waals surface area contributed by atoms with Gasteiger partial charge in [0.15, 0.2) is 0 Å². The van der Waals surface area contributed by atoms with E-state index in [9.17, 15) is 34.2 Å². The molecule has 13 heteroatoms. The van der Waals surface area contributed by atoms with Gasteiger partial charge in [0.1, 0.15) is 29.9 Å². The lowest BCUT2D eigenvalue weighted by Crippen LogP contribution is -2.58. The van der Waals surface area contributed by atoms with Crippen molar-refractivity contribution in [3.63, 3.8) is 0 Å². The minimum absolute atomic E-state index is 0.0106. The Morgan fingerprint density at radius 2 is 1.50 bits per heavy atom. The van der Waals surface area contributed by atoms with Gasteiger partial charge in [0.2, 0.25) is 23.6 Å². The summed E-state index contributed by atoms with van der Waals surface area (Å²) in [6.07, 6.45) is -0.0915. The average molecular weight is 510 g/mol. The van der Waals surface area contributed by atoms with Crippen molar-refractivity contribution in [1.29, 1.82) is 0 Å². The molecule has 0 saturated heterocycles. The third-order valence-electron chi connectivity index (χ3n) is 5.63. The molecule has 0 bridgehead atoms. The lowest BCUT2D eigenvalue weighted by molar-refractivity contribution is -0.144. The molecular weight excluding hydrogens is 474 g/mol. The maximum Gasteiger partial charge on any atom is 0.326 e. The molecule has 200 valence electrons. The fourth-order valence-electron chi connectivity index (χ4n) is 3.20. The third-order valence-corrected chi connectivity index (χ3v) is 5.63. The molecule has 1 aromatic carbocycles. The number of rotatable bonds is 15. The van der Waals surface area contributed by atoms with Crippen LogP contribution in [0.15, 0.2) is 24.3 Å². The van der Waals surface area contributed by atoms with Crippen LogP contribution >= 0.6 is 0 Å². The number of aromatic hydroxyl groups is 1. The zero-order valence-corrected chi connectivity index (χ0v) is 20.3. The number of nitrogens with one attached hydrogen (secondary N) is 3. The van der Waals surface area contributed by atoms with Crippen molar-refractivity contribution in [2.45, 2.75) is 63.7 Å². The summed E-state index contributed by atoms with van der Waals surface area (Å²) >= 11 is 0. The van der Waals surface area contributed by atoms with Gasteiger partial charge < -0.3 is 42.7 Å². The Labute approximate surface area is 208 Å². The second kappa shape index (κ2) is 14.6. The maximum atomic E-state index is 13.1. The Balaban J connectivity index is 3.16. The van der Waals surface area contributed by atoms with E-state index < -0.39 is 66.3 Å². The lowest BCUT2D eigenvalue weighted by Gasteiger charge is -2.26. The van der Waals surface area contributed by atoms with Gasteiger partial charge >= 0.3 is 5.97 Å². The van der Waals surface area contributed by atoms with Crippen LogP contribution < -0.4 is 27.4 Å². The highest BCUT2D eigenvalue weighted by atomic mass is 16.4. The lowest BCUT2D eigenvalue weighted by atomic mass is 9.98. The topological polar surface area (TPSA) is 234 Å². The van der Waals surface area contributed by atoms with Crippen LogP contribution in [0.25, 0.3) is 0 Å². The molecule has 1 rings (SSSR count). The van der Waals surface area contributed by atoms with Crippen LogP contribution in [0.1, 0.15) is 38.7 Å². The van der Waals surface area contributed by atoms with Crippen LogP contribution in [0, 0.1) is 5.92 Å². The van der Waals surface area contributed by atoms with E-state index in [-0.39, 0.29) is 25.0 Å². The van der Waals surface area contributed by atoms with E-state index >= 15 is 0 Å². The van der Waals surface area contributed by atoms with Crippen molar-refractivity contribution in [2.75, 3.05) is 6.61 Å². The van der Waals surface area contributed by atoms with Crippen LogP contribution in [-0.4, -0.2) is 75.7 Å². The molecule has 0 spiro atoms. The molecule has 5 unspecified atom stereocenters. The first-order valence-electron chi connectivity index (χ1n) is 11.5. The number of carboxylic acid groups (broad SMARTS) is 1. The van der Waals surface area contributed by atoms with Gasteiger partial charge in [0.25, 0.3) is 0 Å². The van der Waals surface area contributed by atoms with Crippen LogP contribution in [0.4, 0.5) is 0 Å². The first-order chi connectivity index (χ1) is 16.9. The van der Waals surface area contributed by atoms with E-state index in [2.05, 4.69) is 16.0 Å². The molecule has 0 radical (unpaired) electrons. The van der Waals surface area contributed by atoms with Crippen molar-refractivity contribution >= 4 is 29.6 Å².